The largest absolute Gasteiger partial charge is 0.373 e. The van der Waals surface area contributed by atoms with Crippen LogP contribution in [0.25, 0.3) is 0 Å². The highest BCUT2D eigenvalue weighted by atomic mass is 16.1. The van der Waals surface area contributed by atoms with Gasteiger partial charge in [0.2, 0.25) is 5.91 Å². The van der Waals surface area contributed by atoms with Gasteiger partial charge in [-0.1, -0.05) is 30.3 Å². The van der Waals surface area contributed by atoms with Crippen molar-refractivity contribution in [3.8, 4) is 0 Å². The van der Waals surface area contributed by atoms with E-state index in [-0.39, 0.29) is 5.91 Å². The summed E-state index contributed by atoms with van der Waals surface area (Å²) in [5.41, 5.74) is 9.71. The van der Waals surface area contributed by atoms with Crippen LogP contribution in [0.4, 0.5) is 5.69 Å². The maximum absolute atomic E-state index is 11.1. The van der Waals surface area contributed by atoms with Crippen molar-refractivity contribution in [3.63, 3.8) is 0 Å². The SMILES string of the molecule is CN1CCN(Cc2ccc(C(N)=O)cc2)Cc2ccccc21. The quantitative estimate of drug-likeness (QED) is 0.945. The number of hydrogen-bond acceptors (Lipinski definition) is 3. The first kappa shape index (κ1) is 14.6. The summed E-state index contributed by atoms with van der Waals surface area (Å²) in [6.45, 7) is 3.85. The molecule has 0 radical (unpaired) electrons. The van der Waals surface area contributed by atoms with Gasteiger partial charge in [0.1, 0.15) is 0 Å². The zero-order chi connectivity index (χ0) is 15.5. The van der Waals surface area contributed by atoms with Gasteiger partial charge in [-0.15, -0.1) is 0 Å². The number of rotatable bonds is 3. The third-order valence-electron chi connectivity index (χ3n) is 4.19. The second-order valence-corrected chi connectivity index (χ2v) is 5.82. The fourth-order valence-corrected chi connectivity index (χ4v) is 2.92. The van der Waals surface area contributed by atoms with E-state index in [1.807, 2.05) is 12.1 Å². The molecule has 0 bridgehead atoms. The van der Waals surface area contributed by atoms with Gasteiger partial charge in [0, 0.05) is 44.5 Å². The number of para-hydroxylation sites is 1. The third kappa shape index (κ3) is 3.12. The summed E-state index contributed by atoms with van der Waals surface area (Å²) in [5.74, 6) is -0.378. The average molecular weight is 295 g/mol. The van der Waals surface area contributed by atoms with Crippen molar-refractivity contribution < 1.29 is 4.79 Å². The molecule has 0 aliphatic carbocycles. The molecule has 0 atom stereocenters. The minimum Gasteiger partial charge on any atom is -0.373 e. The van der Waals surface area contributed by atoms with Crippen molar-refractivity contribution >= 4 is 11.6 Å². The monoisotopic (exact) mass is 295 g/mol. The molecule has 4 heteroatoms. The second kappa shape index (κ2) is 6.20. The Labute approximate surface area is 131 Å². The lowest BCUT2D eigenvalue weighted by Gasteiger charge is -2.20. The van der Waals surface area contributed by atoms with E-state index in [0.717, 1.165) is 26.2 Å². The molecule has 1 heterocycles. The van der Waals surface area contributed by atoms with Gasteiger partial charge in [-0.25, -0.2) is 0 Å². The molecule has 0 aromatic heterocycles. The number of amides is 1. The summed E-state index contributed by atoms with van der Waals surface area (Å²) in [5, 5.41) is 0. The first-order valence-electron chi connectivity index (χ1n) is 7.53. The van der Waals surface area contributed by atoms with Crippen LogP contribution in [0, 0.1) is 0 Å². The number of carbonyl (C=O) groups excluding carboxylic acids is 1. The van der Waals surface area contributed by atoms with Gasteiger partial charge in [-0.3, -0.25) is 9.69 Å². The molecule has 0 saturated heterocycles. The molecule has 3 rings (SSSR count). The highest BCUT2D eigenvalue weighted by Crippen LogP contribution is 2.24. The van der Waals surface area contributed by atoms with Gasteiger partial charge in [-0.05, 0) is 29.3 Å². The molecule has 1 aliphatic rings. The van der Waals surface area contributed by atoms with Gasteiger partial charge in [0.05, 0.1) is 0 Å². The molecule has 2 aromatic rings. The molecule has 2 N–H and O–H groups in total. The predicted octanol–water partition coefficient (Wildman–Crippen LogP) is 2.24. The highest BCUT2D eigenvalue weighted by molar-refractivity contribution is 5.92. The van der Waals surface area contributed by atoms with Crippen molar-refractivity contribution in [2.45, 2.75) is 13.1 Å². The van der Waals surface area contributed by atoms with E-state index in [1.54, 1.807) is 12.1 Å². The second-order valence-electron chi connectivity index (χ2n) is 5.82. The molecule has 1 aliphatic heterocycles. The fraction of sp³-hybridized carbons (Fsp3) is 0.278. The van der Waals surface area contributed by atoms with Gasteiger partial charge < -0.3 is 10.6 Å². The highest BCUT2D eigenvalue weighted by Gasteiger charge is 2.17. The molecule has 1 amide bonds. The predicted molar refractivity (Wildman–Crippen MR) is 88.8 cm³/mol. The van der Waals surface area contributed by atoms with Crippen LogP contribution in [0.3, 0.4) is 0 Å². The molecule has 2 aromatic carbocycles. The average Bonchev–Trinajstić information content (AvgIpc) is 2.68. The van der Waals surface area contributed by atoms with Crippen LogP contribution in [-0.2, 0) is 13.1 Å². The number of primary amides is 1. The third-order valence-corrected chi connectivity index (χ3v) is 4.19. The normalized spacial score (nSPS) is 15.2. The summed E-state index contributed by atoms with van der Waals surface area (Å²) < 4.78 is 0. The molecule has 114 valence electrons. The maximum atomic E-state index is 11.1. The van der Waals surface area contributed by atoms with E-state index in [0.29, 0.717) is 5.56 Å². The van der Waals surface area contributed by atoms with Crippen molar-refractivity contribution in [1.82, 2.24) is 4.90 Å². The number of carbonyl (C=O) groups is 1. The molecular formula is C18H21N3O. The van der Waals surface area contributed by atoms with E-state index in [2.05, 4.69) is 41.1 Å². The Hall–Kier alpha value is -2.33. The van der Waals surface area contributed by atoms with E-state index in [4.69, 9.17) is 5.73 Å². The Morgan fingerprint density at radius 3 is 2.55 bits per heavy atom. The Kier molecular flexibility index (Phi) is 4.11. The number of fused-ring (bicyclic) bond motifs is 1. The lowest BCUT2D eigenvalue weighted by atomic mass is 10.1. The number of nitrogens with zero attached hydrogens (tertiary/aromatic N) is 2. The molecule has 0 unspecified atom stereocenters. The molecule has 0 fully saturated rings. The lowest BCUT2D eigenvalue weighted by molar-refractivity contribution is 0.100. The Balaban J connectivity index is 1.75. The van der Waals surface area contributed by atoms with Crippen molar-refractivity contribution in [1.29, 1.82) is 0 Å². The van der Waals surface area contributed by atoms with Crippen LogP contribution in [0.1, 0.15) is 21.5 Å². The Morgan fingerprint density at radius 1 is 1.09 bits per heavy atom. The Morgan fingerprint density at radius 2 is 1.82 bits per heavy atom. The number of anilines is 1. The topological polar surface area (TPSA) is 49.6 Å². The fourth-order valence-electron chi connectivity index (χ4n) is 2.92. The molecule has 0 spiro atoms. The van der Waals surface area contributed by atoms with Crippen LogP contribution in [0.15, 0.2) is 48.5 Å². The maximum Gasteiger partial charge on any atom is 0.248 e. The lowest BCUT2D eigenvalue weighted by Crippen LogP contribution is -2.28. The number of nitrogens with two attached hydrogens (primary N) is 1. The summed E-state index contributed by atoms with van der Waals surface area (Å²) in [7, 11) is 2.14. The van der Waals surface area contributed by atoms with Crippen LogP contribution in [-0.4, -0.2) is 30.9 Å². The molecule has 0 saturated carbocycles. The standard InChI is InChI=1S/C18H21N3O/c1-20-10-11-21(13-16-4-2-3-5-17(16)20)12-14-6-8-15(9-7-14)18(19)22/h2-9H,10-13H2,1H3,(H2,19,22). The smallest absolute Gasteiger partial charge is 0.248 e. The van der Waals surface area contributed by atoms with Crippen LogP contribution < -0.4 is 10.6 Å². The van der Waals surface area contributed by atoms with Crippen LogP contribution in [0.2, 0.25) is 0 Å². The molecule has 4 nitrogen and oxygen atoms in total. The Bertz CT molecular complexity index is 666. The molecular weight excluding hydrogens is 274 g/mol. The minimum absolute atomic E-state index is 0.378. The summed E-state index contributed by atoms with van der Waals surface area (Å²) >= 11 is 0. The van der Waals surface area contributed by atoms with E-state index >= 15 is 0 Å². The van der Waals surface area contributed by atoms with E-state index < -0.39 is 0 Å². The van der Waals surface area contributed by atoms with E-state index in [9.17, 15) is 4.79 Å². The summed E-state index contributed by atoms with van der Waals surface area (Å²) in [4.78, 5) is 15.9. The number of likely N-dealkylation sites (N-methyl/N-ethyl adjacent to an activating group) is 1. The van der Waals surface area contributed by atoms with Gasteiger partial charge in [-0.2, -0.15) is 0 Å². The van der Waals surface area contributed by atoms with Crippen molar-refractivity contribution in [2.75, 3.05) is 25.0 Å². The first-order chi connectivity index (χ1) is 10.6. The van der Waals surface area contributed by atoms with Gasteiger partial charge in [0.25, 0.3) is 0 Å². The van der Waals surface area contributed by atoms with Gasteiger partial charge in [0.15, 0.2) is 0 Å². The van der Waals surface area contributed by atoms with E-state index in [1.165, 1.54) is 16.8 Å². The van der Waals surface area contributed by atoms with Crippen molar-refractivity contribution in [2.24, 2.45) is 5.73 Å². The van der Waals surface area contributed by atoms with Crippen LogP contribution >= 0.6 is 0 Å². The number of hydrogen-bond donors (Lipinski definition) is 1. The zero-order valence-corrected chi connectivity index (χ0v) is 12.8. The summed E-state index contributed by atoms with van der Waals surface area (Å²) in [6.07, 6.45) is 0. The first-order valence-corrected chi connectivity index (χ1v) is 7.53. The van der Waals surface area contributed by atoms with Crippen molar-refractivity contribution in [3.05, 3.63) is 65.2 Å². The minimum atomic E-state index is -0.378. The summed E-state index contributed by atoms with van der Waals surface area (Å²) in [6, 6.07) is 16.1. The number of benzene rings is 2. The van der Waals surface area contributed by atoms with Gasteiger partial charge >= 0.3 is 0 Å². The van der Waals surface area contributed by atoms with Crippen LogP contribution in [0.5, 0.6) is 0 Å². The molecule has 22 heavy (non-hydrogen) atoms. The zero-order valence-electron chi connectivity index (χ0n) is 12.8.